The highest BCUT2D eigenvalue weighted by Gasteiger charge is 2.80. The van der Waals surface area contributed by atoms with Crippen molar-refractivity contribution in [2.75, 3.05) is 6.61 Å². The Hall–Kier alpha value is 0.0300. The van der Waals surface area contributed by atoms with Crippen LogP contribution in [0.5, 0.6) is 0 Å². The highest BCUT2D eigenvalue weighted by molar-refractivity contribution is 9.09. The van der Waals surface area contributed by atoms with Gasteiger partial charge in [0.1, 0.15) is 17.8 Å². The highest BCUT2D eigenvalue weighted by atomic mass is 79.9. The van der Waals surface area contributed by atoms with E-state index in [0.717, 1.165) is 6.42 Å². The van der Waals surface area contributed by atoms with Gasteiger partial charge in [-0.15, -0.1) is 0 Å². The van der Waals surface area contributed by atoms with Crippen LogP contribution in [-0.4, -0.2) is 46.2 Å². The molecule has 106 valence electrons. The predicted octanol–water partition coefficient (Wildman–Crippen LogP) is 1.43. The molecule has 0 amide bonds. The fourth-order valence-corrected chi connectivity index (χ4v) is 5.51. The lowest BCUT2D eigenvalue weighted by atomic mass is 9.47. The zero-order valence-corrected chi connectivity index (χ0v) is 12.8. The minimum absolute atomic E-state index is 0.00729. The van der Waals surface area contributed by atoms with Gasteiger partial charge in [-0.1, -0.05) is 29.8 Å². The predicted molar refractivity (Wildman–Crippen MR) is 71.1 cm³/mol. The lowest BCUT2D eigenvalue weighted by molar-refractivity contribution is -0.134. The third kappa shape index (κ3) is 1.29. The summed E-state index contributed by atoms with van der Waals surface area (Å²) >= 11 is 3.68. The molecule has 2 spiro atoms. The summed E-state index contributed by atoms with van der Waals surface area (Å²) in [6.45, 7) is 5.04. The zero-order valence-electron chi connectivity index (χ0n) is 11.2. The highest BCUT2D eigenvalue weighted by Crippen LogP contribution is 2.71. The molecule has 2 heterocycles. The van der Waals surface area contributed by atoms with Crippen LogP contribution in [0.2, 0.25) is 0 Å². The first-order chi connectivity index (χ1) is 8.86. The van der Waals surface area contributed by atoms with E-state index in [1.54, 1.807) is 0 Å². The van der Waals surface area contributed by atoms with Crippen LogP contribution in [0.1, 0.15) is 33.1 Å². The first kappa shape index (κ1) is 12.7. The van der Waals surface area contributed by atoms with Crippen LogP contribution in [0.4, 0.5) is 0 Å². The van der Waals surface area contributed by atoms with Crippen LogP contribution in [-0.2, 0) is 14.3 Å². The van der Waals surface area contributed by atoms with E-state index in [2.05, 4.69) is 29.8 Å². The summed E-state index contributed by atoms with van der Waals surface area (Å²) in [5.74, 6) is 0.236. The Kier molecular flexibility index (Phi) is 2.30. The number of aliphatic hydroxyl groups excluding tert-OH is 1. The molecule has 2 saturated heterocycles. The van der Waals surface area contributed by atoms with Gasteiger partial charge in [0, 0.05) is 23.1 Å². The quantitative estimate of drug-likeness (QED) is 0.539. The van der Waals surface area contributed by atoms with Crippen LogP contribution in [0.15, 0.2) is 0 Å². The van der Waals surface area contributed by atoms with Crippen molar-refractivity contribution in [1.29, 1.82) is 0 Å². The molecule has 6 unspecified atom stereocenters. The van der Waals surface area contributed by atoms with Gasteiger partial charge in [0.2, 0.25) is 0 Å². The van der Waals surface area contributed by atoms with Gasteiger partial charge in [-0.3, -0.25) is 4.79 Å². The molecule has 4 aliphatic rings. The smallest absolute Gasteiger partial charge is 0.164 e. The summed E-state index contributed by atoms with van der Waals surface area (Å²) < 4.78 is 11.6. The maximum Gasteiger partial charge on any atom is 0.164 e. The van der Waals surface area contributed by atoms with E-state index in [1.165, 1.54) is 0 Å². The van der Waals surface area contributed by atoms with E-state index in [0.29, 0.717) is 19.4 Å². The molecule has 0 aromatic carbocycles. The third-order valence-electron chi connectivity index (χ3n) is 6.08. The van der Waals surface area contributed by atoms with Crippen molar-refractivity contribution >= 4 is 21.7 Å². The van der Waals surface area contributed by atoms with Crippen LogP contribution in [0.25, 0.3) is 0 Å². The van der Waals surface area contributed by atoms with Crippen molar-refractivity contribution in [3.63, 3.8) is 0 Å². The van der Waals surface area contributed by atoms with E-state index in [-0.39, 0.29) is 39.2 Å². The minimum Gasteiger partial charge on any atom is -0.392 e. The largest absolute Gasteiger partial charge is 0.392 e. The van der Waals surface area contributed by atoms with Crippen LogP contribution >= 0.6 is 15.9 Å². The molecule has 2 aliphatic heterocycles. The molecule has 5 heteroatoms. The number of ketones is 1. The normalized spacial score (nSPS) is 58.2. The fourth-order valence-electron chi connectivity index (χ4n) is 4.91. The average Bonchev–Trinajstić information content (AvgIpc) is 3.20. The number of hydrogen-bond acceptors (Lipinski definition) is 4. The number of alkyl halides is 1. The zero-order chi connectivity index (χ0) is 13.6. The first-order valence-corrected chi connectivity index (χ1v) is 7.92. The van der Waals surface area contributed by atoms with Crippen molar-refractivity contribution in [2.24, 2.45) is 10.8 Å². The Morgan fingerprint density at radius 2 is 2.11 bits per heavy atom. The van der Waals surface area contributed by atoms with Gasteiger partial charge < -0.3 is 14.6 Å². The summed E-state index contributed by atoms with van der Waals surface area (Å²) in [4.78, 5) is 11.8. The molecular formula is C14H19BrO4. The maximum atomic E-state index is 11.8. The van der Waals surface area contributed by atoms with Gasteiger partial charge in [0.25, 0.3) is 0 Å². The molecule has 0 radical (unpaired) electrons. The Morgan fingerprint density at radius 1 is 1.42 bits per heavy atom. The van der Waals surface area contributed by atoms with E-state index in [1.807, 2.05) is 0 Å². The van der Waals surface area contributed by atoms with Gasteiger partial charge in [-0.05, 0) is 11.8 Å². The van der Waals surface area contributed by atoms with E-state index < -0.39 is 6.10 Å². The summed E-state index contributed by atoms with van der Waals surface area (Å²) in [6, 6.07) is 0. The summed E-state index contributed by atoms with van der Waals surface area (Å²) in [5.41, 5.74) is -0.590. The van der Waals surface area contributed by atoms with Crippen molar-refractivity contribution in [3.8, 4) is 0 Å². The molecule has 4 fully saturated rings. The summed E-state index contributed by atoms with van der Waals surface area (Å²) in [6.07, 6.45) is 1.40. The second kappa shape index (κ2) is 3.43. The number of Topliss-reactive ketones (excluding diaryl/α,β-unsaturated/α-hetero) is 1. The molecule has 1 N–H and O–H groups in total. The fraction of sp³-hybridized carbons (Fsp3) is 0.929. The molecule has 0 aromatic heterocycles. The van der Waals surface area contributed by atoms with E-state index in [4.69, 9.17) is 9.47 Å². The molecule has 6 atom stereocenters. The maximum absolute atomic E-state index is 11.8. The van der Waals surface area contributed by atoms with Crippen molar-refractivity contribution < 1.29 is 19.4 Å². The van der Waals surface area contributed by atoms with E-state index >= 15 is 0 Å². The number of aliphatic hydroxyl groups is 1. The Bertz CT molecular complexity index is 458. The number of carbonyl (C=O) groups excluding carboxylic acids is 1. The monoisotopic (exact) mass is 330 g/mol. The second-order valence-corrected chi connectivity index (χ2v) is 8.08. The number of epoxide rings is 2. The SMILES string of the molecule is CC1(C)C(Br)C(O)CC2(CO2)C12CCC(=O)C1OC12. The number of rotatable bonds is 0. The molecule has 2 saturated carbocycles. The topological polar surface area (TPSA) is 62.4 Å². The van der Waals surface area contributed by atoms with Crippen LogP contribution < -0.4 is 0 Å². The molecule has 0 aromatic rings. The standard InChI is InChI=1S/C14H19BrO4/c1-12(2)10(15)8(17)5-13(6-18-13)14(12)4-3-7(16)9-11(14)19-9/h8-11,17H,3-6H2,1-2H3. The number of hydrogen-bond donors (Lipinski definition) is 1. The second-order valence-electron chi connectivity index (χ2n) is 7.09. The summed E-state index contributed by atoms with van der Waals surface area (Å²) in [5, 5.41) is 10.3. The van der Waals surface area contributed by atoms with E-state index in [9.17, 15) is 9.90 Å². The van der Waals surface area contributed by atoms with Gasteiger partial charge in [0.15, 0.2) is 5.78 Å². The molecule has 2 aliphatic carbocycles. The van der Waals surface area contributed by atoms with Crippen molar-refractivity contribution in [1.82, 2.24) is 0 Å². The van der Waals surface area contributed by atoms with Gasteiger partial charge >= 0.3 is 0 Å². The Morgan fingerprint density at radius 3 is 2.74 bits per heavy atom. The number of fused-ring (bicyclic) bond motifs is 3. The van der Waals surface area contributed by atoms with Gasteiger partial charge in [-0.25, -0.2) is 0 Å². The first-order valence-electron chi connectivity index (χ1n) is 7.00. The Balaban J connectivity index is 1.82. The average molecular weight is 331 g/mol. The lowest BCUT2D eigenvalue weighted by Gasteiger charge is -2.58. The molecule has 4 rings (SSSR count). The molecule has 19 heavy (non-hydrogen) atoms. The number of ether oxygens (including phenoxy) is 2. The van der Waals surface area contributed by atoms with Crippen LogP contribution in [0, 0.1) is 10.8 Å². The summed E-state index contributed by atoms with van der Waals surface area (Å²) in [7, 11) is 0. The lowest BCUT2D eigenvalue weighted by Crippen LogP contribution is -2.65. The van der Waals surface area contributed by atoms with Gasteiger partial charge in [0.05, 0.1) is 12.7 Å². The third-order valence-corrected chi connectivity index (χ3v) is 7.84. The number of carbonyl (C=O) groups is 1. The molecule has 0 bridgehead atoms. The van der Waals surface area contributed by atoms with Crippen molar-refractivity contribution in [3.05, 3.63) is 0 Å². The Labute approximate surface area is 121 Å². The van der Waals surface area contributed by atoms with Crippen molar-refractivity contribution in [2.45, 2.75) is 61.9 Å². The minimum atomic E-state index is -0.405. The van der Waals surface area contributed by atoms with Gasteiger partial charge in [-0.2, -0.15) is 0 Å². The van der Waals surface area contributed by atoms with Crippen LogP contribution in [0.3, 0.4) is 0 Å². The molecular weight excluding hydrogens is 312 g/mol. The molecule has 4 nitrogen and oxygen atoms in total. The number of halogens is 1.